The maximum absolute atomic E-state index is 13.1. The fourth-order valence-electron chi connectivity index (χ4n) is 4.91. The normalized spacial score (nSPS) is 29.0. The van der Waals surface area contributed by atoms with Gasteiger partial charge in [-0.3, -0.25) is 9.69 Å². The van der Waals surface area contributed by atoms with Crippen molar-refractivity contribution in [3.05, 3.63) is 11.5 Å². The Labute approximate surface area is 176 Å². The van der Waals surface area contributed by atoms with Crippen molar-refractivity contribution in [1.82, 2.24) is 24.6 Å². The van der Waals surface area contributed by atoms with Crippen LogP contribution in [-0.4, -0.2) is 78.0 Å². The highest BCUT2D eigenvalue weighted by molar-refractivity contribution is 7.89. The molecular formula is C19H29N5O5S. The fraction of sp³-hybridized carbons (Fsp3) is 0.737. The second-order valence-corrected chi connectivity index (χ2v) is 10.5. The van der Waals surface area contributed by atoms with Crippen molar-refractivity contribution >= 4 is 22.0 Å². The first-order valence-corrected chi connectivity index (χ1v) is 11.9. The lowest BCUT2D eigenvalue weighted by Crippen LogP contribution is -2.55. The standard InChI is InChI=1S/C19H29N5O5S/c1-13-6-4-5-7-19(13)17(25)24(18(26)20-19)12-22-8-10-23(11-9-22)30(27,28)16-14(2)21-29-15(16)3/h13H,4-12H2,1-3H3,(H,20,26)/t13-,19+/m1/s1. The molecule has 11 heteroatoms. The first-order chi connectivity index (χ1) is 14.2. The molecule has 2 atom stereocenters. The number of carbonyl (C=O) groups excluding carboxylic acids is 2. The van der Waals surface area contributed by atoms with Crippen molar-refractivity contribution in [3.63, 3.8) is 0 Å². The lowest BCUT2D eigenvalue weighted by molar-refractivity contribution is -0.135. The van der Waals surface area contributed by atoms with Gasteiger partial charge in [0.05, 0.1) is 6.67 Å². The van der Waals surface area contributed by atoms with Gasteiger partial charge >= 0.3 is 6.03 Å². The van der Waals surface area contributed by atoms with Gasteiger partial charge in [-0.15, -0.1) is 0 Å². The zero-order chi connectivity index (χ0) is 21.7. The molecule has 166 valence electrons. The summed E-state index contributed by atoms with van der Waals surface area (Å²) in [6, 6.07) is -0.348. The van der Waals surface area contributed by atoms with Crippen molar-refractivity contribution in [3.8, 4) is 0 Å². The van der Waals surface area contributed by atoms with Crippen molar-refractivity contribution in [1.29, 1.82) is 0 Å². The number of nitrogens with one attached hydrogen (secondary N) is 1. The highest BCUT2D eigenvalue weighted by Crippen LogP contribution is 2.38. The van der Waals surface area contributed by atoms with Crippen molar-refractivity contribution in [2.45, 2.75) is 56.9 Å². The summed E-state index contributed by atoms with van der Waals surface area (Å²) in [7, 11) is -3.69. The van der Waals surface area contributed by atoms with E-state index < -0.39 is 15.6 Å². The first kappa shape index (κ1) is 21.3. The number of aromatic nitrogens is 1. The van der Waals surface area contributed by atoms with E-state index in [1.54, 1.807) is 13.8 Å². The number of nitrogens with zero attached hydrogens (tertiary/aromatic N) is 4. The highest BCUT2D eigenvalue weighted by atomic mass is 32.2. The third-order valence-electron chi connectivity index (χ3n) is 6.74. The third-order valence-corrected chi connectivity index (χ3v) is 8.88. The van der Waals surface area contributed by atoms with E-state index in [1.165, 1.54) is 9.21 Å². The number of aryl methyl sites for hydroxylation is 2. The van der Waals surface area contributed by atoms with E-state index in [4.69, 9.17) is 4.52 Å². The molecule has 0 unspecified atom stereocenters. The molecule has 1 saturated carbocycles. The maximum Gasteiger partial charge on any atom is 0.326 e. The van der Waals surface area contributed by atoms with Crippen molar-refractivity contribution in [2.24, 2.45) is 5.92 Å². The fourth-order valence-corrected chi connectivity index (χ4v) is 6.62. The quantitative estimate of drug-likeness (QED) is 0.697. The molecule has 1 aromatic heterocycles. The van der Waals surface area contributed by atoms with Crippen LogP contribution < -0.4 is 5.32 Å². The second kappa shape index (κ2) is 7.61. The molecule has 0 aromatic carbocycles. The second-order valence-electron chi connectivity index (χ2n) is 8.60. The van der Waals surface area contributed by atoms with Gasteiger partial charge in [0.2, 0.25) is 10.0 Å². The lowest BCUT2D eigenvalue weighted by atomic mass is 9.73. The molecule has 1 N–H and O–H groups in total. The zero-order valence-electron chi connectivity index (χ0n) is 17.7. The SMILES string of the molecule is Cc1noc(C)c1S(=O)(=O)N1CCN(CN2C(=O)N[C@]3(CCCC[C@H]3C)C2=O)CC1. The number of amides is 3. The summed E-state index contributed by atoms with van der Waals surface area (Å²) in [5, 5.41) is 6.70. The zero-order valence-corrected chi connectivity index (χ0v) is 18.5. The third kappa shape index (κ3) is 3.32. The number of hydrogen-bond acceptors (Lipinski definition) is 7. The number of piperazine rings is 1. The smallest absolute Gasteiger partial charge is 0.326 e. The molecule has 1 spiro atoms. The van der Waals surface area contributed by atoms with Gasteiger partial charge < -0.3 is 9.84 Å². The topological polar surface area (TPSA) is 116 Å². The van der Waals surface area contributed by atoms with Crippen LogP contribution in [0.15, 0.2) is 9.42 Å². The van der Waals surface area contributed by atoms with E-state index in [-0.39, 0.29) is 48.3 Å². The van der Waals surface area contributed by atoms with E-state index in [0.717, 1.165) is 19.3 Å². The van der Waals surface area contributed by atoms with Crippen molar-refractivity contribution < 1.29 is 22.5 Å². The molecule has 3 heterocycles. The van der Waals surface area contributed by atoms with E-state index in [2.05, 4.69) is 10.5 Å². The minimum Gasteiger partial charge on any atom is -0.360 e. The van der Waals surface area contributed by atoms with Gasteiger partial charge in [0.25, 0.3) is 5.91 Å². The van der Waals surface area contributed by atoms with Gasteiger partial charge in [-0.1, -0.05) is 24.9 Å². The molecule has 2 aliphatic heterocycles. The average molecular weight is 440 g/mol. The Morgan fingerprint density at radius 1 is 1.17 bits per heavy atom. The van der Waals surface area contributed by atoms with Crippen LogP contribution in [-0.2, 0) is 14.8 Å². The van der Waals surface area contributed by atoms with E-state index >= 15 is 0 Å². The summed E-state index contributed by atoms with van der Waals surface area (Å²) in [5.41, 5.74) is -0.426. The molecule has 0 bridgehead atoms. The number of hydrogen-bond donors (Lipinski definition) is 1. The highest BCUT2D eigenvalue weighted by Gasteiger charge is 2.55. The Bertz CT molecular complexity index is 933. The van der Waals surface area contributed by atoms with Crippen molar-refractivity contribution in [2.75, 3.05) is 32.8 Å². The summed E-state index contributed by atoms with van der Waals surface area (Å²) < 4.78 is 32.3. The van der Waals surface area contributed by atoms with E-state index in [9.17, 15) is 18.0 Å². The summed E-state index contributed by atoms with van der Waals surface area (Å²) in [5.74, 6) is 0.247. The Kier molecular flexibility index (Phi) is 5.39. The van der Waals surface area contributed by atoms with Gasteiger partial charge in [-0.25, -0.2) is 18.1 Å². The predicted octanol–water partition coefficient (Wildman–Crippen LogP) is 1.06. The maximum atomic E-state index is 13.1. The minimum atomic E-state index is -3.69. The van der Waals surface area contributed by atoms with E-state index in [1.807, 2.05) is 11.8 Å². The Hall–Kier alpha value is -1.98. The monoisotopic (exact) mass is 439 g/mol. The van der Waals surface area contributed by atoms with Crippen LogP contribution in [0.3, 0.4) is 0 Å². The van der Waals surface area contributed by atoms with Crippen LogP contribution in [0.5, 0.6) is 0 Å². The molecule has 0 radical (unpaired) electrons. The summed E-state index contributed by atoms with van der Waals surface area (Å²) >= 11 is 0. The molecule has 3 amide bonds. The van der Waals surface area contributed by atoms with Gasteiger partial charge in [-0.2, -0.15) is 4.31 Å². The van der Waals surface area contributed by atoms with E-state index in [0.29, 0.717) is 25.2 Å². The van der Waals surface area contributed by atoms with Crippen LogP contribution in [0.1, 0.15) is 44.1 Å². The first-order valence-electron chi connectivity index (χ1n) is 10.5. The van der Waals surface area contributed by atoms with Crippen LogP contribution in [0.2, 0.25) is 0 Å². The number of sulfonamides is 1. The van der Waals surface area contributed by atoms with Gasteiger partial charge in [0, 0.05) is 26.2 Å². The molecule has 3 aliphatic rings. The molecule has 10 nitrogen and oxygen atoms in total. The lowest BCUT2D eigenvalue weighted by Gasteiger charge is -2.38. The van der Waals surface area contributed by atoms with Gasteiger partial charge in [0.1, 0.15) is 16.1 Å². The molecule has 2 saturated heterocycles. The Morgan fingerprint density at radius 2 is 1.87 bits per heavy atom. The molecule has 1 aliphatic carbocycles. The molecular weight excluding hydrogens is 410 g/mol. The molecule has 1 aromatic rings. The van der Waals surface area contributed by atoms with Crippen LogP contribution in [0.25, 0.3) is 0 Å². The number of carbonyl (C=O) groups is 2. The van der Waals surface area contributed by atoms with Crippen LogP contribution in [0, 0.1) is 19.8 Å². The van der Waals surface area contributed by atoms with Crippen LogP contribution >= 0.6 is 0 Å². The Balaban J connectivity index is 1.41. The summed E-state index contributed by atoms with van der Waals surface area (Å²) in [6.45, 7) is 6.82. The predicted molar refractivity (Wildman–Crippen MR) is 107 cm³/mol. The van der Waals surface area contributed by atoms with Gasteiger partial charge in [-0.05, 0) is 32.6 Å². The summed E-state index contributed by atoms with van der Waals surface area (Å²) in [6.07, 6.45) is 3.62. The summed E-state index contributed by atoms with van der Waals surface area (Å²) in [4.78, 5) is 29.1. The molecule has 3 fully saturated rings. The average Bonchev–Trinajstić information content (AvgIpc) is 3.17. The van der Waals surface area contributed by atoms with Gasteiger partial charge in [0.15, 0.2) is 5.76 Å². The largest absolute Gasteiger partial charge is 0.360 e. The minimum absolute atomic E-state index is 0.115. The number of rotatable bonds is 4. The number of imide groups is 1. The van der Waals surface area contributed by atoms with Crippen LogP contribution in [0.4, 0.5) is 4.79 Å². The number of urea groups is 1. The molecule has 30 heavy (non-hydrogen) atoms. The Morgan fingerprint density at radius 3 is 2.47 bits per heavy atom. The molecule has 4 rings (SSSR count).